The van der Waals surface area contributed by atoms with Gasteiger partial charge in [-0.1, -0.05) is 19.1 Å². The Kier molecular flexibility index (Phi) is 7.77. The largest absolute Gasteiger partial charge is 0.446 e. The van der Waals surface area contributed by atoms with E-state index in [-0.39, 0.29) is 34.4 Å². The lowest BCUT2D eigenvalue weighted by molar-refractivity contribution is -0.132. The lowest BCUT2D eigenvalue weighted by Crippen LogP contribution is -2.45. The zero-order valence-corrected chi connectivity index (χ0v) is 15.9. The first-order valence-corrected chi connectivity index (χ1v) is 9.70. The van der Waals surface area contributed by atoms with Gasteiger partial charge < -0.3 is 10.2 Å². The fourth-order valence-corrected chi connectivity index (χ4v) is 3.38. The maximum Gasteiger partial charge on any atom is 0.446 e. The van der Waals surface area contributed by atoms with E-state index in [9.17, 15) is 22.8 Å². The molecule has 27 heavy (non-hydrogen) atoms. The van der Waals surface area contributed by atoms with Crippen LogP contribution in [0.3, 0.4) is 0 Å². The van der Waals surface area contributed by atoms with Crippen LogP contribution in [0.2, 0.25) is 0 Å². The summed E-state index contributed by atoms with van der Waals surface area (Å²) < 4.78 is 37.0. The van der Waals surface area contributed by atoms with E-state index < -0.39 is 5.51 Å². The van der Waals surface area contributed by atoms with Gasteiger partial charge in [0.25, 0.3) is 0 Å². The molecule has 0 aliphatic carbocycles. The summed E-state index contributed by atoms with van der Waals surface area (Å²) in [6.07, 6.45) is 5.38. The standard InChI is InChI=1S/C19H23F3N2O2S/c1-2-11-23-18(26)15-4-3-12-24(13-15)17(25)10-7-14-5-8-16(9-6-14)27-19(20,21)22/h5-10,15H,2-4,11-13H2,1H3,(H,23,26)/b10-7+. The van der Waals surface area contributed by atoms with E-state index in [2.05, 4.69) is 5.32 Å². The second-order valence-corrected chi connectivity index (χ2v) is 7.50. The summed E-state index contributed by atoms with van der Waals surface area (Å²) >= 11 is -0.172. The van der Waals surface area contributed by atoms with Crippen LogP contribution < -0.4 is 5.32 Å². The Bertz CT molecular complexity index is 675. The van der Waals surface area contributed by atoms with Crippen LogP contribution in [0.15, 0.2) is 35.2 Å². The number of halogens is 3. The number of benzene rings is 1. The fraction of sp³-hybridized carbons (Fsp3) is 0.474. The minimum absolute atomic E-state index is 0.0175. The summed E-state index contributed by atoms with van der Waals surface area (Å²) in [4.78, 5) is 26.2. The molecule has 8 heteroatoms. The van der Waals surface area contributed by atoms with E-state index in [1.165, 1.54) is 30.3 Å². The minimum Gasteiger partial charge on any atom is -0.356 e. The molecule has 1 fully saturated rings. The Morgan fingerprint density at radius 1 is 1.30 bits per heavy atom. The van der Waals surface area contributed by atoms with Crippen molar-refractivity contribution in [2.24, 2.45) is 5.92 Å². The Morgan fingerprint density at radius 3 is 2.63 bits per heavy atom. The molecule has 1 heterocycles. The number of carbonyl (C=O) groups is 2. The molecule has 0 spiro atoms. The van der Waals surface area contributed by atoms with Crippen molar-refractivity contribution in [3.63, 3.8) is 0 Å². The van der Waals surface area contributed by atoms with Crippen molar-refractivity contribution in [2.75, 3.05) is 19.6 Å². The van der Waals surface area contributed by atoms with Crippen molar-refractivity contribution in [2.45, 2.75) is 36.6 Å². The lowest BCUT2D eigenvalue weighted by atomic mass is 9.97. The Labute approximate surface area is 161 Å². The van der Waals surface area contributed by atoms with Crippen molar-refractivity contribution >= 4 is 29.7 Å². The number of carbonyl (C=O) groups excluding carboxylic acids is 2. The van der Waals surface area contributed by atoms with Gasteiger partial charge in [-0.05, 0) is 54.8 Å². The molecule has 4 nitrogen and oxygen atoms in total. The number of nitrogens with zero attached hydrogens (tertiary/aromatic N) is 1. The average Bonchev–Trinajstić information content (AvgIpc) is 2.64. The van der Waals surface area contributed by atoms with Gasteiger partial charge in [0.15, 0.2) is 0 Å². The molecule has 1 atom stereocenters. The fourth-order valence-electron chi connectivity index (χ4n) is 2.84. The summed E-state index contributed by atoms with van der Waals surface area (Å²) in [5, 5.41) is 2.86. The summed E-state index contributed by atoms with van der Waals surface area (Å²) in [5.41, 5.74) is -3.68. The first-order valence-electron chi connectivity index (χ1n) is 8.89. The van der Waals surface area contributed by atoms with E-state index in [4.69, 9.17) is 0 Å². The van der Waals surface area contributed by atoms with Gasteiger partial charge in [0.1, 0.15) is 0 Å². The first-order chi connectivity index (χ1) is 12.8. The highest BCUT2D eigenvalue weighted by Crippen LogP contribution is 2.36. The average molecular weight is 400 g/mol. The molecule has 1 aromatic carbocycles. The molecular formula is C19H23F3N2O2S. The van der Waals surface area contributed by atoms with Crippen molar-refractivity contribution in [3.05, 3.63) is 35.9 Å². The number of rotatable bonds is 6. The van der Waals surface area contributed by atoms with Gasteiger partial charge in [-0.2, -0.15) is 13.2 Å². The van der Waals surface area contributed by atoms with Crippen molar-refractivity contribution < 1.29 is 22.8 Å². The van der Waals surface area contributed by atoms with Gasteiger partial charge in [0, 0.05) is 30.6 Å². The van der Waals surface area contributed by atoms with Crippen LogP contribution in [-0.2, 0) is 9.59 Å². The number of alkyl halides is 3. The molecule has 1 aliphatic rings. The molecule has 0 saturated carbocycles. The monoisotopic (exact) mass is 400 g/mol. The molecule has 0 bridgehead atoms. The molecule has 1 aliphatic heterocycles. The number of amides is 2. The second-order valence-electron chi connectivity index (χ2n) is 6.36. The van der Waals surface area contributed by atoms with Gasteiger partial charge in [-0.3, -0.25) is 9.59 Å². The second kappa shape index (κ2) is 9.82. The van der Waals surface area contributed by atoms with Crippen LogP contribution >= 0.6 is 11.8 Å². The molecule has 2 rings (SSSR count). The van der Waals surface area contributed by atoms with Crippen LogP contribution in [0.1, 0.15) is 31.7 Å². The topological polar surface area (TPSA) is 49.4 Å². The molecule has 0 aromatic heterocycles. The van der Waals surface area contributed by atoms with E-state index in [1.807, 2.05) is 6.92 Å². The van der Waals surface area contributed by atoms with Gasteiger partial charge in [0.05, 0.1) is 5.92 Å². The number of nitrogens with one attached hydrogen (secondary N) is 1. The minimum atomic E-state index is -4.32. The summed E-state index contributed by atoms with van der Waals surface area (Å²) in [6.45, 7) is 3.60. The van der Waals surface area contributed by atoms with Crippen molar-refractivity contribution in [1.29, 1.82) is 0 Å². The van der Waals surface area contributed by atoms with Crippen molar-refractivity contribution in [1.82, 2.24) is 10.2 Å². The highest BCUT2D eigenvalue weighted by molar-refractivity contribution is 8.00. The first kappa shape index (κ1) is 21.3. The third-order valence-electron chi connectivity index (χ3n) is 4.19. The normalized spacial score (nSPS) is 17.9. The lowest BCUT2D eigenvalue weighted by Gasteiger charge is -2.31. The molecule has 148 valence electrons. The maximum absolute atomic E-state index is 12.4. The zero-order valence-electron chi connectivity index (χ0n) is 15.1. The molecule has 1 aromatic rings. The van der Waals surface area contributed by atoms with Crippen LogP contribution in [0.25, 0.3) is 6.08 Å². The number of likely N-dealkylation sites (tertiary alicyclic amines) is 1. The van der Waals surface area contributed by atoms with Crippen LogP contribution in [0, 0.1) is 5.92 Å². The zero-order chi connectivity index (χ0) is 19.9. The van der Waals surface area contributed by atoms with Crippen LogP contribution in [0.4, 0.5) is 13.2 Å². The molecule has 2 amide bonds. The number of hydrogen-bond donors (Lipinski definition) is 1. The SMILES string of the molecule is CCCNC(=O)C1CCCN(C(=O)/C=C/c2ccc(SC(F)(F)F)cc2)C1. The Balaban J connectivity index is 1.91. The molecular weight excluding hydrogens is 377 g/mol. The predicted molar refractivity (Wildman–Crippen MR) is 100.0 cm³/mol. The summed E-state index contributed by atoms with van der Waals surface area (Å²) in [5.74, 6) is -0.408. The third kappa shape index (κ3) is 7.28. The van der Waals surface area contributed by atoms with E-state index >= 15 is 0 Å². The number of piperidine rings is 1. The quantitative estimate of drug-likeness (QED) is 0.578. The summed E-state index contributed by atoms with van der Waals surface area (Å²) in [7, 11) is 0. The highest BCUT2D eigenvalue weighted by atomic mass is 32.2. The van der Waals surface area contributed by atoms with E-state index in [1.54, 1.807) is 11.0 Å². The van der Waals surface area contributed by atoms with Crippen LogP contribution in [0.5, 0.6) is 0 Å². The number of hydrogen-bond acceptors (Lipinski definition) is 3. The van der Waals surface area contributed by atoms with Gasteiger partial charge in [-0.25, -0.2) is 0 Å². The molecule has 0 radical (unpaired) electrons. The van der Waals surface area contributed by atoms with Gasteiger partial charge >= 0.3 is 5.51 Å². The van der Waals surface area contributed by atoms with Crippen molar-refractivity contribution in [3.8, 4) is 0 Å². The Hall–Kier alpha value is -1.96. The molecule has 1 saturated heterocycles. The summed E-state index contributed by atoms with van der Waals surface area (Å²) in [6, 6.07) is 5.82. The van der Waals surface area contributed by atoms with E-state index in [0.29, 0.717) is 25.2 Å². The number of thioether (sulfide) groups is 1. The van der Waals surface area contributed by atoms with Gasteiger partial charge in [-0.15, -0.1) is 0 Å². The van der Waals surface area contributed by atoms with E-state index in [0.717, 1.165) is 19.3 Å². The maximum atomic E-state index is 12.4. The smallest absolute Gasteiger partial charge is 0.356 e. The third-order valence-corrected chi connectivity index (χ3v) is 4.92. The molecule has 1 N–H and O–H groups in total. The Morgan fingerprint density at radius 2 is 2.00 bits per heavy atom. The highest BCUT2D eigenvalue weighted by Gasteiger charge is 2.29. The predicted octanol–water partition coefficient (Wildman–Crippen LogP) is 4.08. The van der Waals surface area contributed by atoms with Crippen LogP contribution in [-0.4, -0.2) is 41.9 Å². The van der Waals surface area contributed by atoms with Gasteiger partial charge in [0.2, 0.25) is 11.8 Å². The molecule has 1 unspecified atom stereocenters.